The van der Waals surface area contributed by atoms with Gasteiger partial charge < -0.3 is 27.3 Å². The first-order valence-corrected chi connectivity index (χ1v) is 12.8. The molecule has 0 aliphatic heterocycles. The van der Waals surface area contributed by atoms with Crippen LogP contribution in [0.2, 0.25) is 0 Å². The Morgan fingerprint density at radius 3 is 1.27 bits per heavy atom. The van der Waals surface area contributed by atoms with Crippen LogP contribution in [0.3, 0.4) is 0 Å². The third kappa shape index (κ3) is 56.6. The maximum atomic E-state index is 8.49. The molecule has 0 aromatic heterocycles. The summed E-state index contributed by atoms with van der Waals surface area (Å²) in [6.07, 6.45) is 20.6. The van der Waals surface area contributed by atoms with Gasteiger partial charge in [-0.1, -0.05) is 111 Å². The number of unbranched alkanes of at least 4 members (excludes halogenated alkanes) is 14. The molecule has 0 saturated carbocycles. The van der Waals surface area contributed by atoms with Crippen molar-refractivity contribution >= 4 is 0 Å². The van der Waals surface area contributed by atoms with Crippen molar-refractivity contribution in [3.63, 3.8) is 0 Å². The van der Waals surface area contributed by atoms with Crippen LogP contribution in [-0.4, -0.2) is 33.0 Å². The zero-order valence-corrected chi connectivity index (χ0v) is 21.9. The van der Waals surface area contributed by atoms with E-state index in [0.29, 0.717) is 13.0 Å². The molecule has 0 fully saturated rings. The molecule has 0 saturated heterocycles. The third-order valence-corrected chi connectivity index (χ3v) is 4.48. The Bertz CT molecular complexity index is 248. The summed E-state index contributed by atoms with van der Waals surface area (Å²) in [4.78, 5) is 0. The van der Waals surface area contributed by atoms with Crippen LogP contribution in [0.4, 0.5) is 0 Å². The normalized spacial score (nSPS) is 10.2. The van der Waals surface area contributed by atoms with Crippen LogP contribution in [0.25, 0.3) is 0 Å². The third-order valence-electron chi connectivity index (χ3n) is 4.48. The molecule has 0 heterocycles. The Hall–Kier alpha value is 0.354. The molecule has 0 aliphatic carbocycles. The molecular weight excluding hydrogens is 416 g/mol. The van der Waals surface area contributed by atoms with Gasteiger partial charge in [-0.2, -0.15) is 6.42 Å². The molecule has 183 valence electrons. The number of rotatable bonds is 17. The van der Waals surface area contributed by atoms with Crippen LogP contribution in [0.15, 0.2) is 0 Å². The van der Waals surface area contributed by atoms with Crippen molar-refractivity contribution in [3.05, 3.63) is 6.92 Å². The SMILES string of the molecule is CCCCCCCC(O)(O)O.CCCCCCCCO.[CH2-]CCCCCCC.[O]=[Ti+]. The monoisotopic (exact) mass is 469 g/mol. The van der Waals surface area contributed by atoms with Crippen molar-refractivity contribution in [1.82, 2.24) is 0 Å². The fraction of sp³-hybridized carbons (Fsp3) is 0.958. The van der Waals surface area contributed by atoms with E-state index in [1.807, 2.05) is 0 Å². The summed E-state index contributed by atoms with van der Waals surface area (Å²) in [6.45, 7) is 10.7. The molecule has 0 aromatic carbocycles. The molecule has 0 atom stereocenters. The summed E-state index contributed by atoms with van der Waals surface area (Å²) in [5.74, 6) is -2.45. The molecule has 6 heteroatoms. The molecule has 0 aromatic rings. The maximum absolute atomic E-state index is 8.49. The van der Waals surface area contributed by atoms with Gasteiger partial charge in [0.15, 0.2) is 0 Å². The molecule has 0 bridgehead atoms. The van der Waals surface area contributed by atoms with E-state index < -0.39 is 5.97 Å². The van der Waals surface area contributed by atoms with E-state index >= 15 is 0 Å². The van der Waals surface area contributed by atoms with E-state index in [0.717, 1.165) is 46.1 Å². The van der Waals surface area contributed by atoms with Gasteiger partial charge in [0.1, 0.15) is 0 Å². The Morgan fingerprint density at radius 2 is 0.933 bits per heavy atom. The van der Waals surface area contributed by atoms with E-state index in [1.54, 1.807) is 0 Å². The Balaban J connectivity index is -0.000000164. The number of hydrogen-bond acceptors (Lipinski definition) is 5. The van der Waals surface area contributed by atoms with Crippen LogP contribution < -0.4 is 0 Å². The molecule has 30 heavy (non-hydrogen) atoms. The summed E-state index contributed by atoms with van der Waals surface area (Å²) in [5, 5.41) is 33.9. The molecular formula is C24H53O5Ti. The Morgan fingerprint density at radius 1 is 0.600 bits per heavy atom. The molecule has 0 amide bonds. The summed E-state index contributed by atoms with van der Waals surface area (Å²) in [6, 6.07) is 0. The topological polar surface area (TPSA) is 98.0 Å². The standard InChI is InChI=1S/C8H18O3.C8H18O.C8H17.O.Ti/c1-2-3-4-5-6-7-8(9,10)11;1-2-3-4-5-6-7-8-9;1-3-5-7-8-6-4-2;;/h9-11H,2-7H2,1H3;9H,2-8H2,1H3;1,3-8H2,2H3;;/q;;-1;;+1. The average molecular weight is 470 g/mol. The minimum absolute atomic E-state index is 0.0523. The quantitative estimate of drug-likeness (QED) is 0.0858. The second-order valence-electron chi connectivity index (χ2n) is 7.70. The van der Waals surface area contributed by atoms with Gasteiger partial charge in [-0.05, 0) is 12.8 Å². The molecule has 0 aliphatic rings. The zero-order valence-electron chi connectivity index (χ0n) is 20.3. The fourth-order valence-electron chi connectivity index (χ4n) is 2.64. The molecule has 0 rings (SSSR count). The minimum atomic E-state index is -2.45. The Labute approximate surface area is 199 Å². The van der Waals surface area contributed by atoms with Crippen molar-refractivity contribution in [3.8, 4) is 0 Å². The fourth-order valence-corrected chi connectivity index (χ4v) is 2.64. The Kier molecular flexibility index (Phi) is 46.1. The first-order chi connectivity index (χ1) is 14.4. The molecule has 0 unspecified atom stereocenters. The summed E-state index contributed by atoms with van der Waals surface area (Å²) in [5.41, 5.74) is 0. The van der Waals surface area contributed by atoms with Crippen LogP contribution >= 0.6 is 0 Å². The van der Waals surface area contributed by atoms with E-state index in [1.165, 1.54) is 77.0 Å². The number of aliphatic hydroxyl groups excluding tert-OH is 1. The summed E-state index contributed by atoms with van der Waals surface area (Å²) >= 11 is 0.750. The zero-order chi connectivity index (χ0) is 23.9. The molecule has 4 N–H and O–H groups in total. The van der Waals surface area contributed by atoms with Gasteiger partial charge in [-0.25, -0.2) is 0 Å². The van der Waals surface area contributed by atoms with Gasteiger partial charge in [0.05, 0.1) is 0 Å². The van der Waals surface area contributed by atoms with Crippen molar-refractivity contribution < 1.29 is 44.2 Å². The second-order valence-corrected chi connectivity index (χ2v) is 7.70. The van der Waals surface area contributed by atoms with Crippen LogP contribution in [0.5, 0.6) is 0 Å². The van der Waals surface area contributed by atoms with Crippen molar-refractivity contribution in [2.24, 2.45) is 0 Å². The van der Waals surface area contributed by atoms with Crippen LogP contribution in [0.1, 0.15) is 136 Å². The van der Waals surface area contributed by atoms with Gasteiger partial charge in [0, 0.05) is 13.0 Å². The van der Waals surface area contributed by atoms with Crippen molar-refractivity contribution in [2.45, 2.75) is 142 Å². The average Bonchev–Trinajstić information content (AvgIpc) is 2.73. The van der Waals surface area contributed by atoms with Crippen LogP contribution in [-0.2, 0) is 23.7 Å². The predicted octanol–water partition coefficient (Wildman–Crippen LogP) is 6.38. The summed E-state index contributed by atoms with van der Waals surface area (Å²) in [7, 11) is 0. The van der Waals surface area contributed by atoms with Gasteiger partial charge in [0.2, 0.25) is 0 Å². The summed E-state index contributed by atoms with van der Waals surface area (Å²) < 4.78 is 8.25. The molecule has 0 radical (unpaired) electrons. The predicted molar refractivity (Wildman–Crippen MR) is 123 cm³/mol. The second kappa shape index (κ2) is 36.7. The van der Waals surface area contributed by atoms with Gasteiger partial charge >= 0.3 is 23.7 Å². The van der Waals surface area contributed by atoms with Gasteiger partial charge in [0.25, 0.3) is 5.97 Å². The first kappa shape index (κ1) is 37.7. The molecule has 5 nitrogen and oxygen atoms in total. The van der Waals surface area contributed by atoms with Crippen molar-refractivity contribution in [2.75, 3.05) is 6.61 Å². The van der Waals surface area contributed by atoms with E-state index in [2.05, 4.69) is 27.7 Å². The van der Waals surface area contributed by atoms with E-state index in [4.69, 9.17) is 23.8 Å². The number of hydrogen-bond donors (Lipinski definition) is 4. The van der Waals surface area contributed by atoms with Crippen LogP contribution in [0, 0.1) is 6.92 Å². The van der Waals surface area contributed by atoms with Gasteiger partial charge in [-0.15, -0.1) is 0 Å². The van der Waals surface area contributed by atoms with Gasteiger partial charge in [-0.3, -0.25) is 0 Å². The van der Waals surface area contributed by atoms with E-state index in [9.17, 15) is 0 Å². The van der Waals surface area contributed by atoms with E-state index in [-0.39, 0.29) is 6.42 Å². The van der Waals surface area contributed by atoms with Crippen molar-refractivity contribution in [1.29, 1.82) is 0 Å². The molecule has 0 spiro atoms. The first-order valence-electron chi connectivity index (χ1n) is 12.2. The number of aliphatic hydroxyl groups is 4.